The molecule has 0 aliphatic carbocycles. The molecule has 8 aromatic rings. The molecule has 2 N–H and O–H groups in total. The Morgan fingerprint density at radius 2 is 1.10 bits per heavy atom. The van der Waals surface area contributed by atoms with Gasteiger partial charge in [0.1, 0.15) is 28.3 Å². The number of carbonyl (C=O) groups excluding carboxylic acids is 4. The van der Waals surface area contributed by atoms with Crippen molar-refractivity contribution >= 4 is 79.3 Å². The Hall–Kier alpha value is -8.06. The van der Waals surface area contributed by atoms with Gasteiger partial charge in [0, 0.05) is 9.81 Å². The predicted molar refractivity (Wildman–Crippen MR) is 310 cm³/mol. The number of β-lactam (4-membered cyclic amide) rings is 1. The first-order chi connectivity index (χ1) is 38.0. The Kier molecular flexibility index (Phi) is 16.2. The molecule has 2 aliphatic rings. The molecule has 0 radical (unpaired) electrons. The van der Waals surface area contributed by atoms with E-state index in [2.05, 4.69) is 38.4 Å². The number of nitrogens with one attached hydrogen (secondary N) is 2. The molecule has 13 nitrogen and oxygen atoms in total. The van der Waals surface area contributed by atoms with Crippen molar-refractivity contribution in [3.63, 3.8) is 0 Å². The normalized spacial score (nSPS) is 16.5. The molecule has 0 spiro atoms. The summed E-state index contributed by atoms with van der Waals surface area (Å²) in [6.45, 7) is 2.94. The Balaban J connectivity index is 0.981. The van der Waals surface area contributed by atoms with E-state index >= 15 is 0 Å². The summed E-state index contributed by atoms with van der Waals surface area (Å²) in [7, 11) is -1.76. The molecule has 0 saturated carbocycles. The third-order valence-electron chi connectivity index (χ3n) is 13.4. The molecule has 7 aromatic carbocycles. The summed E-state index contributed by atoms with van der Waals surface area (Å²) in [5, 5.41) is 11.7. The molecule has 10 rings (SSSR count). The molecule has 3 heterocycles. The highest BCUT2D eigenvalue weighted by atomic mass is 127. The van der Waals surface area contributed by atoms with Crippen molar-refractivity contribution < 1.29 is 37.7 Å². The fraction of sp³-hybridized carbons (Fsp3) is 0.161. The summed E-state index contributed by atoms with van der Waals surface area (Å²) in [5.41, 5.74) is 2.91. The highest BCUT2D eigenvalue weighted by Gasteiger charge is 2.58. The van der Waals surface area contributed by atoms with Crippen LogP contribution in [-0.2, 0) is 49.8 Å². The summed E-state index contributed by atoms with van der Waals surface area (Å²) < 4.78 is 26.9. The van der Waals surface area contributed by atoms with Crippen LogP contribution in [0.4, 0.5) is 5.13 Å². The van der Waals surface area contributed by atoms with E-state index in [4.69, 9.17) is 19.3 Å². The zero-order valence-corrected chi connectivity index (χ0v) is 46.1. The van der Waals surface area contributed by atoms with E-state index < -0.39 is 75.0 Å². The van der Waals surface area contributed by atoms with Crippen molar-refractivity contribution in [2.45, 2.75) is 48.6 Å². The van der Waals surface area contributed by atoms with E-state index in [0.717, 1.165) is 27.8 Å². The second kappa shape index (κ2) is 23.7. The van der Waals surface area contributed by atoms with Crippen LogP contribution < -0.4 is 10.6 Å². The van der Waals surface area contributed by atoms with Gasteiger partial charge in [-0.1, -0.05) is 240 Å². The molecule has 1 saturated heterocycles. The second-order valence-electron chi connectivity index (χ2n) is 18.9. The maximum atomic E-state index is 15.0. The zero-order chi connectivity index (χ0) is 54.2. The minimum atomic E-state index is -1.80. The van der Waals surface area contributed by atoms with Crippen molar-refractivity contribution in [1.82, 2.24) is 15.2 Å². The first-order valence-corrected chi connectivity index (χ1v) is 28.8. The maximum Gasteiger partial charge on any atom is 0.356 e. The minimum absolute atomic E-state index is 0.0166. The fourth-order valence-electron chi connectivity index (χ4n) is 9.52. The standard InChI is InChI=1S/C62H52IN5O8S2/c1-61(2,59(72)75-54(43-28-14-5-15-29-43)44-30-16-6-17-31-44)76-67-50(49-39-77-60(64-49)66-62(46-32-18-7-19-33-46,47-34-20-8-21-35-47)48-36-22-9-23-37-48)55(69)65-51-56(70)68-52(45(38-63)40-78(73)57(51)68)58(71)74-53(41-24-10-3-11-25-41)42-26-12-4-13-27-42/h3-37,39,51,53-54,57H,38,40H2,1-2H3,(H,64,66)(H,65,69)/t51?,57-,78?/m0/s1. The number of anilines is 1. The van der Waals surface area contributed by atoms with E-state index in [1.54, 1.807) is 5.38 Å². The van der Waals surface area contributed by atoms with E-state index in [1.165, 1.54) is 30.1 Å². The first-order valence-electron chi connectivity index (χ1n) is 25.0. The van der Waals surface area contributed by atoms with Gasteiger partial charge in [-0.3, -0.25) is 18.7 Å². The number of nitrogens with zero attached hydrogens (tertiary/aromatic N) is 3. The number of alkyl halides is 1. The number of oxime groups is 1. The van der Waals surface area contributed by atoms with Crippen LogP contribution in [0.3, 0.4) is 0 Å². The second-order valence-corrected chi connectivity index (χ2v) is 22.1. The molecule has 2 aliphatic heterocycles. The average molecular weight is 1190 g/mol. The van der Waals surface area contributed by atoms with Crippen LogP contribution >= 0.6 is 33.9 Å². The fourth-order valence-corrected chi connectivity index (χ4v) is 13.0. The third kappa shape index (κ3) is 11.1. The van der Waals surface area contributed by atoms with Crippen LogP contribution in [0, 0.1) is 0 Å². The zero-order valence-electron chi connectivity index (χ0n) is 42.3. The van der Waals surface area contributed by atoms with E-state index in [0.29, 0.717) is 21.8 Å². The van der Waals surface area contributed by atoms with Crippen LogP contribution in [0.2, 0.25) is 0 Å². The van der Waals surface area contributed by atoms with Gasteiger partial charge in [0.05, 0.1) is 16.6 Å². The van der Waals surface area contributed by atoms with Crippen molar-refractivity contribution in [3.8, 4) is 0 Å². The monoisotopic (exact) mass is 1190 g/mol. The smallest absolute Gasteiger partial charge is 0.356 e. The molecule has 0 bridgehead atoms. The lowest BCUT2D eigenvalue weighted by Crippen LogP contribution is -2.74. The van der Waals surface area contributed by atoms with E-state index in [1.807, 2.05) is 212 Å². The first kappa shape index (κ1) is 53.3. The van der Waals surface area contributed by atoms with Gasteiger partial charge in [-0.25, -0.2) is 14.6 Å². The summed E-state index contributed by atoms with van der Waals surface area (Å²) in [5.74, 6) is -3.20. The molecule has 1 fully saturated rings. The number of hydrogen-bond acceptors (Lipinski definition) is 12. The topological polar surface area (TPSA) is 166 Å². The number of amides is 2. The number of rotatable bonds is 19. The van der Waals surface area contributed by atoms with Gasteiger partial charge in [-0.05, 0) is 58.4 Å². The van der Waals surface area contributed by atoms with Gasteiger partial charge in [0.25, 0.3) is 11.8 Å². The number of halogens is 1. The van der Waals surface area contributed by atoms with Gasteiger partial charge >= 0.3 is 11.9 Å². The van der Waals surface area contributed by atoms with Crippen LogP contribution in [0.1, 0.15) is 70.7 Å². The van der Waals surface area contributed by atoms with Crippen molar-refractivity contribution in [3.05, 3.63) is 274 Å². The Bertz CT molecular complexity index is 3330. The Labute approximate surface area is 472 Å². The highest BCUT2D eigenvalue weighted by Crippen LogP contribution is 2.42. The van der Waals surface area contributed by atoms with Crippen LogP contribution in [-0.4, -0.2) is 70.8 Å². The number of benzene rings is 7. The van der Waals surface area contributed by atoms with Crippen LogP contribution in [0.5, 0.6) is 0 Å². The predicted octanol–water partition coefficient (Wildman–Crippen LogP) is 10.8. The summed E-state index contributed by atoms with van der Waals surface area (Å²) in [4.78, 5) is 70.5. The van der Waals surface area contributed by atoms with Crippen molar-refractivity contribution in [2.24, 2.45) is 5.16 Å². The van der Waals surface area contributed by atoms with Gasteiger partial charge in [0.2, 0.25) is 5.60 Å². The lowest BCUT2D eigenvalue weighted by Gasteiger charge is -2.49. The number of carbonyl (C=O) groups is 4. The summed E-state index contributed by atoms with van der Waals surface area (Å²) in [6, 6.07) is 65.5. The largest absolute Gasteiger partial charge is 0.450 e. The molecule has 2 amide bonds. The minimum Gasteiger partial charge on any atom is -0.450 e. The van der Waals surface area contributed by atoms with E-state index in [-0.39, 0.29) is 21.6 Å². The Morgan fingerprint density at radius 1 is 0.679 bits per heavy atom. The van der Waals surface area contributed by atoms with Gasteiger partial charge < -0.3 is 24.9 Å². The number of thiazole rings is 1. The average Bonchev–Trinajstić information content (AvgIpc) is 4.09. The van der Waals surface area contributed by atoms with Crippen LogP contribution in [0.25, 0.3) is 0 Å². The molecule has 1 aromatic heterocycles. The highest BCUT2D eigenvalue weighted by molar-refractivity contribution is 14.1. The van der Waals surface area contributed by atoms with Crippen LogP contribution in [0.15, 0.2) is 234 Å². The quantitative estimate of drug-likeness (QED) is 0.0151. The number of ether oxygens (including phenoxy) is 2. The molecule has 78 heavy (non-hydrogen) atoms. The molecule has 3 atom stereocenters. The van der Waals surface area contributed by atoms with Gasteiger partial charge in [-0.15, -0.1) is 11.3 Å². The Morgan fingerprint density at radius 3 is 1.54 bits per heavy atom. The molecule has 2 unspecified atom stereocenters. The SMILES string of the molecule is CC(C)(ON=C(C(=O)NC1C(=O)N2C(C(=O)OC(c3ccccc3)c3ccccc3)=C(CI)CS(=O)[C@@H]12)c1csc(NC(c2ccccc2)(c2ccccc2)c2ccccc2)n1)C(=O)OC(c1ccccc1)c1ccccc1. The lowest BCUT2D eigenvalue weighted by atomic mass is 9.77. The number of hydrogen-bond donors (Lipinski definition) is 2. The third-order valence-corrected chi connectivity index (χ3v) is 16.8. The summed E-state index contributed by atoms with van der Waals surface area (Å²) >= 11 is 3.28. The van der Waals surface area contributed by atoms with Crippen molar-refractivity contribution in [2.75, 3.05) is 15.5 Å². The van der Waals surface area contributed by atoms with Gasteiger partial charge in [-0.2, -0.15) is 0 Å². The number of aromatic nitrogens is 1. The number of esters is 2. The summed E-state index contributed by atoms with van der Waals surface area (Å²) in [6.07, 6.45) is -1.63. The molecular weight excluding hydrogens is 1130 g/mol. The number of fused-ring (bicyclic) bond motifs is 1. The lowest BCUT2D eigenvalue weighted by molar-refractivity contribution is -0.172. The van der Waals surface area contributed by atoms with Gasteiger partial charge in [0.15, 0.2) is 23.1 Å². The maximum absolute atomic E-state index is 15.0. The van der Waals surface area contributed by atoms with Crippen molar-refractivity contribution in [1.29, 1.82) is 0 Å². The molecule has 16 heteroatoms. The van der Waals surface area contributed by atoms with E-state index in [9.17, 15) is 23.4 Å². The molecular formula is C62H52IN5O8S2. The molecule has 392 valence electrons.